The number of ether oxygens (including phenoxy) is 1. The summed E-state index contributed by atoms with van der Waals surface area (Å²) in [5, 5.41) is 32.8. The van der Waals surface area contributed by atoms with Gasteiger partial charge >= 0.3 is 5.97 Å². The highest BCUT2D eigenvalue weighted by Crippen LogP contribution is 2.18. The number of amides is 6. The summed E-state index contributed by atoms with van der Waals surface area (Å²) in [4.78, 5) is 94.9. The van der Waals surface area contributed by atoms with Gasteiger partial charge in [0.25, 0.3) is 16.0 Å². The van der Waals surface area contributed by atoms with E-state index in [0.29, 0.717) is 37.1 Å². The van der Waals surface area contributed by atoms with E-state index in [9.17, 15) is 51.6 Å². The van der Waals surface area contributed by atoms with E-state index < -0.39 is 94.6 Å². The van der Waals surface area contributed by atoms with Gasteiger partial charge in [-0.3, -0.25) is 38.1 Å². The number of aromatic nitrogens is 1. The van der Waals surface area contributed by atoms with Gasteiger partial charge in [0.05, 0.1) is 36.6 Å². The molecule has 1 fully saturated rings. The maximum Gasteiger partial charge on any atom is 0.305 e. The quantitative estimate of drug-likeness (QED) is 0.0454. The Bertz CT molecular complexity index is 2290. The number of azo groups is 1. The van der Waals surface area contributed by atoms with E-state index in [4.69, 9.17) is 10.5 Å². The minimum Gasteiger partial charge on any atom is -0.494 e. The van der Waals surface area contributed by atoms with Crippen LogP contribution < -0.4 is 42.4 Å². The molecule has 1 aliphatic rings. The van der Waals surface area contributed by atoms with E-state index >= 15 is 0 Å². The molecule has 0 radical (unpaired) electrons. The average Bonchev–Trinajstić information content (AvgIpc) is 3.26. The number of unbranched alkanes of at least 4 members (excludes halogenated alkanes) is 1. The van der Waals surface area contributed by atoms with E-state index in [2.05, 4.69) is 47.1 Å². The number of carbonyl (C=O) groups excluding carboxylic acids is 6. The predicted molar refractivity (Wildman–Crippen MR) is 232 cm³/mol. The maximum absolute atomic E-state index is 13.9. The molecule has 0 aliphatic carbocycles. The minimum atomic E-state index is -4.43. The smallest absolute Gasteiger partial charge is 0.305 e. The Labute approximate surface area is 375 Å². The van der Waals surface area contributed by atoms with Crippen molar-refractivity contribution in [1.82, 2.24) is 36.9 Å². The Balaban J connectivity index is 1.35. The highest BCUT2D eigenvalue weighted by atomic mass is 32.2. The molecule has 2 heterocycles. The molecular weight excluding hydrogens is 869 g/mol. The molecule has 4 atom stereocenters. The molecule has 0 spiro atoms. The van der Waals surface area contributed by atoms with Crippen molar-refractivity contribution in [3.05, 3.63) is 83.6 Å². The lowest BCUT2D eigenvalue weighted by atomic mass is 9.99. The molecule has 23 heteroatoms. The van der Waals surface area contributed by atoms with Gasteiger partial charge in [-0.05, 0) is 79.6 Å². The Kier molecular flexibility index (Phi) is 19.4. The summed E-state index contributed by atoms with van der Waals surface area (Å²) >= 11 is 0. The zero-order valence-electron chi connectivity index (χ0n) is 35.8. The van der Waals surface area contributed by atoms with Gasteiger partial charge in [0.1, 0.15) is 29.9 Å². The molecule has 1 unspecified atom stereocenters. The van der Waals surface area contributed by atoms with Gasteiger partial charge in [-0.25, -0.2) is 4.98 Å². The fourth-order valence-electron chi connectivity index (χ4n) is 6.39. The number of carboxylic acids is 1. The van der Waals surface area contributed by atoms with Crippen molar-refractivity contribution in [2.24, 2.45) is 21.9 Å². The van der Waals surface area contributed by atoms with Crippen LogP contribution in [0.2, 0.25) is 0 Å². The van der Waals surface area contributed by atoms with Crippen LogP contribution in [0.4, 0.5) is 5.82 Å². The van der Waals surface area contributed by atoms with Crippen molar-refractivity contribution in [3.63, 3.8) is 0 Å². The zero-order valence-corrected chi connectivity index (χ0v) is 36.6. The predicted octanol–water partition coefficient (Wildman–Crippen LogP) is 0.682. The lowest BCUT2D eigenvalue weighted by Crippen LogP contribution is -2.59. The van der Waals surface area contributed by atoms with Crippen molar-refractivity contribution >= 4 is 57.3 Å². The third-order valence-electron chi connectivity index (χ3n) is 9.83. The minimum absolute atomic E-state index is 0.115. The molecule has 10 N–H and O–H groups in total. The van der Waals surface area contributed by atoms with E-state index in [1.165, 1.54) is 36.5 Å². The van der Waals surface area contributed by atoms with Crippen molar-refractivity contribution < 1.29 is 56.4 Å². The van der Waals surface area contributed by atoms with E-state index in [1.807, 2.05) is 0 Å². The molecule has 4 rings (SSSR count). The Morgan fingerprint density at radius 3 is 2.25 bits per heavy atom. The summed E-state index contributed by atoms with van der Waals surface area (Å²) in [6.45, 7) is 3.44. The van der Waals surface area contributed by atoms with E-state index in [1.54, 1.807) is 44.2 Å². The molecule has 65 heavy (non-hydrogen) atoms. The molecule has 6 amide bonds. The molecule has 22 nitrogen and oxygen atoms in total. The molecule has 350 valence electrons. The van der Waals surface area contributed by atoms with Crippen LogP contribution in [0.5, 0.6) is 5.75 Å². The fourth-order valence-corrected chi connectivity index (χ4v) is 7.10. The van der Waals surface area contributed by atoms with E-state index in [-0.39, 0.29) is 54.4 Å². The highest BCUT2D eigenvalue weighted by molar-refractivity contribution is 7.85. The first-order chi connectivity index (χ1) is 30.9. The number of nitrogens with two attached hydrogens (primary N) is 1. The highest BCUT2D eigenvalue weighted by Gasteiger charge is 2.34. The van der Waals surface area contributed by atoms with Crippen LogP contribution in [0.3, 0.4) is 0 Å². The molecule has 1 aromatic heterocycles. The van der Waals surface area contributed by atoms with E-state index in [0.717, 1.165) is 0 Å². The second kappa shape index (κ2) is 24.9. The number of rotatable bonds is 19. The fraction of sp³-hybridized carbons (Fsp3) is 0.429. The number of hydrogen-bond acceptors (Lipinski definition) is 14. The maximum atomic E-state index is 13.9. The first kappa shape index (κ1) is 50.8. The Morgan fingerprint density at radius 2 is 1.58 bits per heavy atom. The monoisotopic (exact) mass is 922 g/mol. The van der Waals surface area contributed by atoms with Crippen LogP contribution >= 0.6 is 0 Å². The summed E-state index contributed by atoms with van der Waals surface area (Å²) in [7, 11) is -4.43. The van der Waals surface area contributed by atoms with Gasteiger partial charge in [-0.1, -0.05) is 44.2 Å². The molecule has 3 aromatic rings. The largest absolute Gasteiger partial charge is 0.494 e. The normalized spacial score (nSPS) is 18.9. The summed E-state index contributed by atoms with van der Waals surface area (Å²) in [6.07, 6.45) is 2.01. The number of benzene rings is 2. The van der Waals surface area contributed by atoms with Crippen molar-refractivity contribution in [2.45, 2.75) is 88.0 Å². The number of aliphatic carboxylic acids is 1. The van der Waals surface area contributed by atoms with Gasteiger partial charge in [0.2, 0.25) is 29.5 Å². The Morgan fingerprint density at radius 1 is 0.877 bits per heavy atom. The lowest BCUT2D eigenvalue weighted by molar-refractivity contribution is -0.141. The van der Waals surface area contributed by atoms with Crippen LogP contribution in [0.1, 0.15) is 67.4 Å². The average molecular weight is 923 g/mol. The molecule has 0 saturated carbocycles. The van der Waals surface area contributed by atoms with Crippen LogP contribution in [-0.4, -0.2) is 115 Å². The van der Waals surface area contributed by atoms with Gasteiger partial charge < -0.3 is 47.5 Å². The van der Waals surface area contributed by atoms with Gasteiger partial charge in [-0.2, -0.15) is 13.5 Å². The van der Waals surface area contributed by atoms with Crippen molar-refractivity contribution in [1.29, 1.82) is 0 Å². The Hall–Kier alpha value is -6.85. The van der Waals surface area contributed by atoms with Crippen molar-refractivity contribution in [3.8, 4) is 5.75 Å². The molecule has 1 saturated heterocycles. The van der Waals surface area contributed by atoms with Gasteiger partial charge in [0, 0.05) is 19.2 Å². The van der Waals surface area contributed by atoms with Crippen molar-refractivity contribution in [2.75, 3.05) is 26.2 Å². The lowest BCUT2D eigenvalue weighted by Gasteiger charge is -2.27. The van der Waals surface area contributed by atoms with Crippen LogP contribution in [0.15, 0.2) is 82.0 Å². The van der Waals surface area contributed by atoms with Gasteiger partial charge in [0.15, 0.2) is 5.82 Å². The second-order valence-corrected chi connectivity index (χ2v) is 16.7. The molecule has 0 bridgehead atoms. The van der Waals surface area contributed by atoms with Crippen LogP contribution in [0, 0.1) is 5.92 Å². The summed E-state index contributed by atoms with van der Waals surface area (Å²) < 4.78 is 38.4. The van der Waals surface area contributed by atoms with Crippen LogP contribution in [0.25, 0.3) is 0 Å². The number of hydrogen-bond donors (Lipinski definition) is 9. The van der Waals surface area contributed by atoms with Crippen LogP contribution in [-0.2, 0) is 51.9 Å². The van der Waals surface area contributed by atoms with Gasteiger partial charge in [-0.15, -0.1) is 5.11 Å². The molecular formula is C42H54N10O12S. The topological polar surface area (TPSA) is 339 Å². The summed E-state index contributed by atoms with van der Waals surface area (Å²) in [5.41, 5.74) is 6.66. The zero-order chi connectivity index (χ0) is 47.5. The summed E-state index contributed by atoms with van der Waals surface area (Å²) in [5.74, 6) is -5.62. The molecule has 2 aromatic carbocycles. The number of nitrogens with one attached hydrogen (secondary N) is 6. The number of carbonyl (C=O) groups is 7. The number of carboxylic acid groups (broad SMARTS) is 1. The third-order valence-corrected chi connectivity index (χ3v) is 10.8. The summed E-state index contributed by atoms with van der Waals surface area (Å²) in [6, 6.07) is 10.1. The number of nitrogens with zero attached hydrogens (tertiary/aromatic N) is 3. The first-order valence-electron chi connectivity index (χ1n) is 20.7. The first-order valence-corrected chi connectivity index (χ1v) is 22.2. The third kappa shape index (κ3) is 16.7. The second-order valence-electron chi connectivity index (χ2n) is 15.3. The molecule has 1 aliphatic heterocycles. The SMILES string of the molecule is CC(C)C1NC(=O)[C@@H](Cc2ccc(OCCCNC(=O)c3ccc(N=NCc4ccccc4S(=O)(=O)O)nc3)cc2)NC(=O)[C@H](CC(=O)O)NC(=O)CNC(=O)[C@H](CCCCN)NC1=O. The number of pyridine rings is 1. The standard InChI is InChI=1S/C42H54N10O12S/c1-25(2)37-42(60)49-30(9-5-6-17-43)39(57)46-24-35(53)48-32(21-36(54)55)40(58)50-31(41(59)51-37)20-26-11-14-29(15-12-26)64-19-7-18-44-38(56)28-13-16-34(45-22-28)52-47-23-27-8-3-4-10-33(27)65(61,62)63/h3-4,8,10-16,22,25,30-32,37H,5-7,9,17-21,23-24,43H2,1-2H3,(H,44,56)(H,46,57)(H,48,53)(H,49,60)(H,50,58)(H,51,59)(H,54,55)(H,61,62,63)/t30-,31+,32-,37?/m0/s1.